The van der Waals surface area contributed by atoms with Crippen molar-refractivity contribution in [3.05, 3.63) is 75.0 Å². The van der Waals surface area contributed by atoms with Gasteiger partial charge in [0.1, 0.15) is 16.4 Å². The van der Waals surface area contributed by atoms with Crippen LogP contribution in [0.5, 0.6) is 0 Å². The highest BCUT2D eigenvalue weighted by atomic mass is 35.5. The lowest BCUT2D eigenvalue weighted by Gasteiger charge is -2.04. The maximum Gasteiger partial charge on any atom is 0.260 e. The highest BCUT2D eigenvalue weighted by Crippen LogP contribution is 2.34. The fourth-order valence-electron chi connectivity index (χ4n) is 2.67. The molecule has 0 aliphatic carbocycles. The van der Waals surface area contributed by atoms with E-state index >= 15 is 0 Å². The molecule has 0 atom stereocenters. The van der Waals surface area contributed by atoms with Gasteiger partial charge < -0.3 is 14.7 Å². The number of aromatic nitrogens is 2. The van der Waals surface area contributed by atoms with Gasteiger partial charge in [0.15, 0.2) is 0 Å². The number of rotatable bonds is 5. The number of halogens is 1. The maximum atomic E-state index is 12.6. The number of H-pyrrole nitrogens is 1. The van der Waals surface area contributed by atoms with Crippen LogP contribution in [-0.2, 0) is 13.1 Å². The molecule has 0 unspecified atom stereocenters. The van der Waals surface area contributed by atoms with E-state index in [1.807, 2.05) is 41.8 Å². The van der Waals surface area contributed by atoms with Crippen molar-refractivity contribution >= 4 is 33.2 Å². The summed E-state index contributed by atoms with van der Waals surface area (Å²) in [6.07, 6.45) is 1.63. The van der Waals surface area contributed by atoms with Gasteiger partial charge in [0.05, 0.1) is 24.7 Å². The van der Waals surface area contributed by atoms with Gasteiger partial charge in [-0.2, -0.15) is 0 Å². The Kier molecular flexibility index (Phi) is 4.40. The number of hydrogen-bond acceptors (Lipinski definition) is 5. The summed E-state index contributed by atoms with van der Waals surface area (Å²) >= 11 is 7.71. The second-order valence-corrected chi connectivity index (χ2v) is 6.77. The molecule has 126 valence electrons. The van der Waals surface area contributed by atoms with Crippen LogP contribution in [0.4, 0.5) is 0 Å². The van der Waals surface area contributed by atoms with E-state index in [0.717, 1.165) is 16.9 Å². The minimum absolute atomic E-state index is 0.157. The van der Waals surface area contributed by atoms with E-state index < -0.39 is 0 Å². The summed E-state index contributed by atoms with van der Waals surface area (Å²) in [4.78, 5) is 20.7. The third kappa shape index (κ3) is 3.24. The van der Waals surface area contributed by atoms with Gasteiger partial charge >= 0.3 is 0 Å². The fourth-order valence-corrected chi connectivity index (χ4v) is 3.87. The van der Waals surface area contributed by atoms with Crippen LogP contribution in [0.15, 0.2) is 57.3 Å². The lowest BCUT2D eigenvalue weighted by atomic mass is 10.1. The Morgan fingerprint density at radius 3 is 2.84 bits per heavy atom. The summed E-state index contributed by atoms with van der Waals surface area (Å²) in [6, 6.07) is 11.2. The van der Waals surface area contributed by atoms with Gasteiger partial charge in [-0.1, -0.05) is 29.8 Å². The van der Waals surface area contributed by atoms with Gasteiger partial charge in [0.2, 0.25) is 0 Å². The molecule has 0 spiro atoms. The van der Waals surface area contributed by atoms with Crippen LogP contribution in [0, 0.1) is 0 Å². The second kappa shape index (κ2) is 6.84. The Morgan fingerprint density at radius 2 is 2.04 bits per heavy atom. The number of aromatic amines is 1. The zero-order chi connectivity index (χ0) is 17.2. The molecule has 4 rings (SSSR count). The van der Waals surface area contributed by atoms with Gasteiger partial charge in [-0.05, 0) is 18.2 Å². The molecule has 0 bridgehead atoms. The molecule has 3 aromatic heterocycles. The lowest BCUT2D eigenvalue weighted by molar-refractivity contribution is 0.480. The quantitative estimate of drug-likeness (QED) is 0.552. The van der Waals surface area contributed by atoms with Crippen LogP contribution in [-0.4, -0.2) is 9.97 Å². The van der Waals surface area contributed by atoms with Crippen LogP contribution in [0.25, 0.3) is 21.3 Å². The molecule has 0 saturated heterocycles. The summed E-state index contributed by atoms with van der Waals surface area (Å²) < 4.78 is 5.26. The zero-order valence-electron chi connectivity index (χ0n) is 13.1. The normalized spacial score (nSPS) is 11.2. The average molecular weight is 372 g/mol. The van der Waals surface area contributed by atoms with Crippen molar-refractivity contribution in [1.82, 2.24) is 15.3 Å². The van der Waals surface area contributed by atoms with Crippen LogP contribution >= 0.6 is 22.9 Å². The summed E-state index contributed by atoms with van der Waals surface area (Å²) in [5.41, 5.74) is 1.50. The van der Waals surface area contributed by atoms with Gasteiger partial charge in [-0.25, -0.2) is 4.98 Å². The Bertz CT molecular complexity index is 1070. The van der Waals surface area contributed by atoms with E-state index in [2.05, 4.69) is 15.3 Å². The van der Waals surface area contributed by atoms with E-state index in [1.165, 1.54) is 11.3 Å². The smallest absolute Gasteiger partial charge is 0.260 e. The van der Waals surface area contributed by atoms with Crippen LogP contribution in [0.2, 0.25) is 5.02 Å². The molecule has 0 fully saturated rings. The fraction of sp³-hybridized carbons (Fsp3) is 0.111. The van der Waals surface area contributed by atoms with Crippen LogP contribution in [0.3, 0.4) is 0 Å². The first-order valence-corrected chi connectivity index (χ1v) is 8.96. The Hall–Kier alpha value is -2.41. The lowest BCUT2D eigenvalue weighted by Crippen LogP contribution is -2.18. The summed E-state index contributed by atoms with van der Waals surface area (Å²) in [5, 5.41) is 6.32. The number of thiophene rings is 1. The van der Waals surface area contributed by atoms with E-state index in [-0.39, 0.29) is 5.56 Å². The minimum Gasteiger partial charge on any atom is -0.468 e. The number of nitrogens with zero attached hydrogens (tertiary/aromatic N) is 1. The number of fused-ring (bicyclic) bond motifs is 1. The number of furan rings is 1. The second-order valence-electron chi connectivity index (χ2n) is 5.50. The Morgan fingerprint density at radius 1 is 1.16 bits per heavy atom. The van der Waals surface area contributed by atoms with Crippen molar-refractivity contribution in [3.63, 3.8) is 0 Å². The van der Waals surface area contributed by atoms with Crippen molar-refractivity contribution < 1.29 is 4.42 Å². The summed E-state index contributed by atoms with van der Waals surface area (Å²) in [6.45, 7) is 1.02. The molecular formula is C18H14ClN3O2S. The maximum absolute atomic E-state index is 12.6. The number of benzene rings is 1. The van der Waals surface area contributed by atoms with E-state index in [1.54, 1.807) is 6.26 Å². The molecule has 2 N–H and O–H groups in total. The molecule has 7 heteroatoms. The SMILES string of the molecule is O=c1[nH]c(CNCc2ccco2)nc2scc(-c3ccccc3Cl)c12. The van der Waals surface area contributed by atoms with Crippen molar-refractivity contribution in [3.8, 4) is 11.1 Å². The molecule has 3 heterocycles. The van der Waals surface area contributed by atoms with Crippen molar-refractivity contribution in [2.45, 2.75) is 13.1 Å². The monoisotopic (exact) mass is 371 g/mol. The Labute approximate surface area is 152 Å². The molecule has 0 saturated carbocycles. The van der Waals surface area contributed by atoms with E-state index in [0.29, 0.717) is 34.2 Å². The average Bonchev–Trinajstić information content (AvgIpc) is 3.25. The predicted molar refractivity (Wildman–Crippen MR) is 99.9 cm³/mol. The molecule has 25 heavy (non-hydrogen) atoms. The van der Waals surface area contributed by atoms with Gasteiger partial charge in [-0.15, -0.1) is 11.3 Å². The van der Waals surface area contributed by atoms with E-state index in [9.17, 15) is 4.79 Å². The first-order valence-electron chi connectivity index (χ1n) is 7.71. The minimum atomic E-state index is -0.157. The molecule has 1 aromatic carbocycles. The molecule has 0 amide bonds. The molecule has 0 radical (unpaired) electrons. The predicted octanol–water partition coefficient (Wildman–Crippen LogP) is 4.19. The largest absolute Gasteiger partial charge is 0.468 e. The van der Waals surface area contributed by atoms with Crippen molar-refractivity contribution in [2.24, 2.45) is 0 Å². The third-order valence-corrected chi connectivity index (χ3v) is 5.03. The molecular weight excluding hydrogens is 358 g/mol. The van der Waals surface area contributed by atoms with Crippen LogP contribution in [0.1, 0.15) is 11.6 Å². The standard InChI is InChI=1S/C18H14ClN3O2S/c19-14-6-2-1-5-12(14)13-10-25-18-16(13)17(23)21-15(22-18)9-20-8-11-4-3-7-24-11/h1-7,10,20H,8-9H2,(H,21,22,23). The topological polar surface area (TPSA) is 70.9 Å². The summed E-state index contributed by atoms with van der Waals surface area (Å²) in [5.74, 6) is 1.43. The zero-order valence-corrected chi connectivity index (χ0v) is 14.7. The van der Waals surface area contributed by atoms with Crippen molar-refractivity contribution in [1.29, 1.82) is 0 Å². The molecule has 0 aliphatic heterocycles. The first-order chi connectivity index (χ1) is 12.2. The van der Waals surface area contributed by atoms with Gasteiger partial charge in [-0.3, -0.25) is 4.79 Å². The highest BCUT2D eigenvalue weighted by molar-refractivity contribution is 7.17. The van der Waals surface area contributed by atoms with Crippen LogP contribution < -0.4 is 10.9 Å². The van der Waals surface area contributed by atoms with Crippen molar-refractivity contribution in [2.75, 3.05) is 0 Å². The number of hydrogen-bond donors (Lipinski definition) is 2. The van der Waals surface area contributed by atoms with Gasteiger partial charge in [0.25, 0.3) is 5.56 Å². The number of nitrogens with one attached hydrogen (secondary N) is 2. The summed E-state index contributed by atoms with van der Waals surface area (Å²) in [7, 11) is 0. The highest BCUT2D eigenvalue weighted by Gasteiger charge is 2.14. The third-order valence-electron chi connectivity index (χ3n) is 3.83. The molecule has 0 aliphatic rings. The molecule has 5 nitrogen and oxygen atoms in total. The van der Waals surface area contributed by atoms with E-state index in [4.69, 9.17) is 16.0 Å². The Balaban J connectivity index is 1.63. The first kappa shape index (κ1) is 16.1. The molecule has 4 aromatic rings. The van der Waals surface area contributed by atoms with Gasteiger partial charge in [0, 0.05) is 21.5 Å².